The van der Waals surface area contributed by atoms with E-state index in [0.717, 1.165) is 12.8 Å². The second-order valence-corrected chi connectivity index (χ2v) is 3.88. The predicted octanol–water partition coefficient (Wildman–Crippen LogP) is 2.19. The van der Waals surface area contributed by atoms with Crippen molar-refractivity contribution in [3.8, 4) is 0 Å². The molecule has 1 atom stereocenters. The van der Waals surface area contributed by atoms with E-state index in [1.807, 2.05) is 0 Å². The molecule has 80 valence electrons. The van der Waals surface area contributed by atoms with Crippen LogP contribution in [0.3, 0.4) is 0 Å². The molecule has 0 saturated heterocycles. The van der Waals surface area contributed by atoms with Gasteiger partial charge in [-0.15, -0.1) is 0 Å². The van der Waals surface area contributed by atoms with Crippen molar-refractivity contribution >= 4 is 0 Å². The number of aliphatic hydroxyl groups is 2. The maximum atomic E-state index is 8.94. The Hall–Kier alpha value is -0.0800. The third-order valence-electron chi connectivity index (χ3n) is 2.73. The van der Waals surface area contributed by atoms with E-state index in [2.05, 4.69) is 13.8 Å². The second-order valence-electron chi connectivity index (χ2n) is 3.88. The van der Waals surface area contributed by atoms with Crippen molar-refractivity contribution < 1.29 is 10.2 Å². The summed E-state index contributed by atoms with van der Waals surface area (Å²) < 4.78 is 0. The van der Waals surface area contributed by atoms with E-state index in [1.54, 1.807) is 0 Å². The summed E-state index contributed by atoms with van der Waals surface area (Å²) in [5, 5.41) is 17.9. The van der Waals surface area contributed by atoms with Crippen molar-refractivity contribution in [3.63, 3.8) is 0 Å². The fraction of sp³-hybridized carbons (Fsp3) is 1.00. The molecule has 2 nitrogen and oxygen atoms in total. The van der Waals surface area contributed by atoms with E-state index < -0.39 is 0 Å². The van der Waals surface area contributed by atoms with E-state index in [4.69, 9.17) is 10.2 Å². The lowest BCUT2D eigenvalue weighted by Crippen LogP contribution is -2.16. The molecule has 0 aromatic rings. The highest BCUT2D eigenvalue weighted by molar-refractivity contribution is 4.64. The van der Waals surface area contributed by atoms with Crippen LogP contribution in [0.1, 0.15) is 46.0 Å². The standard InChI is InChI=1S/C11H24O2/c1-3-5-6-10(4-2)7-11(8-12)9-13/h10-13H,3-9H2,1-2H3. The molecule has 0 saturated carbocycles. The van der Waals surface area contributed by atoms with Crippen molar-refractivity contribution in [1.29, 1.82) is 0 Å². The van der Waals surface area contributed by atoms with Gasteiger partial charge in [-0.1, -0.05) is 39.5 Å². The van der Waals surface area contributed by atoms with Gasteiger partial charge in [0, 0.05) is 19.1 Å². The summed E-state index contributed by atoms with van der Waals surface area (Å²) in [6.45, 7) is 4.63. The monoisotopic (exact) mass is 188 g/mol. The van der Waals surface area contributed by atoms with Crippen LogP contribution < -0.4 is 0 Å². The third kappa shape index (κ3) is 6.05. The number of unbranched alkanes of at least 4 members (excludes halogenated alkanes) is 1. The first-order valence-corrected chi connectivity index (χ1v) is 5.50. The largest absolute Gasteiger partial charge is 0.396 e. The summed E-state index contributed by atoms with van der Waals surface area (Å²) in [4.78, 5) is 0. The molecule has 0 radical (unpaired) electrons. The third-order valence-corrected chi connectivity index (χ3v) is 2.73. The van der Waals surface area contributed by atoms with E-state index in [1.165, 1.54) is 19.3 Å². The van der Waals surface area contributed by atoms with Crippen molar-refractivity contribution in [2.75, 3.05) is 13.2 Å². The lowest BCUT2D eigenvalue weighted by molar-refractivity contribution is 0.127. The molecule has 0 fully saturated rings. The highest BCUT2D eigenvalue weighted by Crippen LogP contribution is 2.21. The van der Waals surface area contributed by atoms with Crippen LogP contribution in [0, 0.1) is 11.8 Å². The molecule has 0 aromatic heterocycles. The van der Waals surface area contributed by atoms with Crippen LogP contribution >= 0.6 is 0 Å². The zero-order chi connectivity index (χ0) is 10.1. The average Bonchev–Trinajstić information content (AvgIpc) is 2.19. The van der Waals surface area contributed by atoms with Gasteiger partial charge in [0.1, 0.15) is 0 Å². The van der Waals surface area contributed by atoms with E-state index in [-0.39, 0.29) is 19.1 Å². The Balaban J connectivity index is 3.67. The summed E-state index contributed by atoms with van der Waals surface area (Å²) in [6.07, 6.45) is 5.88. The van der Waals surface area contributed by atoms with Gasteiger partial charge < -0.3 is 10.2 Å². The quantitative estimate of drug-likeness (QED) is 0.613. The Morgan fingerprint density at radius 2 is 1.62 bits per heavy atom. The maximum Gasteiger partial charge on any atom is 0.0481 e. The SMILES string of the molecule is CCCCC(CC)CC(CO)CO. The van der Waals surface area contributed by atoms with Gasteiger partial charge in [0.15, 0.2) is 0 Å². The van der Waals surface area contributed by atoms with Gasteiger partial charge in [-0.05, 0) is 12.3 Å². The van der Waals surface area contributed by atoms with E-state index >= 15 is 0 Å². The molecular formula is C11H24O2. The fourth-order valence-corrected chi connectivity index (χ4v) is 1.66. The molecule has 0 aliphatic heterocycles. The van der Waals surface area contributed by atoms with Gasteiger partial charge in [0.2, 0.25) is 0 Å². The van der Waals surface area contributed by atoms with Crippen molar-refractivity contribution in [2.45, 2.75) is 46.0 Å². The summed E-state index contributed by atoms with van der Waals surface area (Å²) in [5.41, 5.74) is 0. The minimum Gasteiger partial charge on any atom is -0.396 e. The molecule has 0 bridgehead atoms. The Kier molecular flexibility index (Phi) is 8.46. The lowest BCUT2D eigenvalue weighted by Gasteiger charge is -2.19. The molecular weight excluding hydrogens is 164 g/mol. The minimum atomic E-state index is 0.0989. The van der Waals surface area contributed by atoms with Gasteiger partial charge in [-0.2, -0.15) is 0 Å². The van der Waals surface area contributed by atoms with Crippen LogP contribution in [0.2, 0.25) is 0 Å². The first-order chi connectivity index (χ1) is 6.28. The predicted molar refractivity (Wildman–Crippen MR) is 55.6 cm³/mol. The highest BCUT2D eigenvalue weighted by atomic mass is 16.3. The Labute approximate surface area is 82.0 Å². The fourth-order valence-electron chi connectivity index (χ4n) is 1.66. The maximum absolute atomic E-state index is 8.94. The first kappa shape index (κ1) is 12.9. The van der Waals surface area contributed by atoms with E-state index in [9.17, 15) is 0 Å². The summed E-state index contributed by atoms with van der Waals surface area (Å²) >= 11 is 0. The minimum absolute atomic E-state index is 0.0989. The van der Waals surface area contributed by atoms with Gasteiger partial charge in [0.05, 0.1) is 0 Å². The number of aliphatic hydroxyl groups excluding tert-OH is 2. The molecule has 13 heavy (non-hydrogen) atoms. The number of hydrogen-bond donors (Lipinski definition) is 2. The molecule has 2 N–H and O–H groups in total. The molecule has 0 rings (SSSR count). The lowest BCUT2D eigenvalue weighted by atomic mass is 9.89. The first-order valence-electron chi connectivity index (χ1n) is 5.50. The van der Waals surface area contributed by atoms with Crippen molar-refractivity contribution in [3.05, 3.63) is 0 Å². The zero-order valence-electron chi connectivity index (χ0n) is 9.00. The Morgan fingerprint density at radius 3 is 2.00 bits per heavy atom. The van der Waals surface area contributed by atoms with Crippen LogP contribution in [0.4, 0.5) is 0 Å². The van der Waals surface area contributed by atoms with Gasteiger partial charge >= 0.3 is 0 Å². The van der Waals surface area contributed by atoms with Gasteiger partial charge in [-0.25, -0.2) is 0 Å². The van der Waals surface area contributed by atoms with Crippen LogP contribution in [0.25, 0.3) is 0 Å². The topological polar surface area (TPSA) is 40.5 Å². The normalized spacial score (nSPS) is 13.6. The molecule has 0 amide bonds. The molecule has 2 heteroatoms. The molecule has 1 unspecified atom stereocenters. The average molecular weight is 188 g/mol. The summed E-state index contributed by atoms with van der Waals surface area (Å²) in [5.74, 6) is 0.783. The Morgan fingerprint density at radius 1 is 1.00 bits per heavy atom. The highest BCUT2D eigenvalue weighted by Gasteiger charge is 2.13. The van der Waals surface area contributed by atoms with Crippen molar-refractivity contribution in [1.82, 2.24) is 0 Å². The van der Waals surface area contributed by atoms with Crippen LogP contribution in [0.15, 0.2) is 0 Å². The zero-order valence-corrected chi connectivity index (χ0v) is 9.00. The van der Waals surface area contributed by atoms with Gasteiger partial charge in [-0.3, -0.25) is 0 Å². The summed E-state index contributed by atoms with van der Waals surface area (Å²) in [7, 11) is 0. The van der Waals surface area contributed by atoms with E-state index in [0.29, 0.717) is 5.92 Å². The van der Waals surface area contributed by atoms with Crippen molar-refractivity contribution in [2.24, 2.45) is 11.8 Å². The van der Waals surface area contributed by atoms with Crippen LogP contribution in [0.5, 0.6) is 0 Å². The van der Waals surface area contributed by atoms with Crippen LogP contribution in [-0.2, 0) is 0 Å². The smallest absolute Gasteiger partial charge is 0.0481 e. The molecule has 0 heterocycles. The summed E-state index contributed by atoms with van der Waals surface area (Å²) in [6, 6.07) is 0. The van der Waals surface area contributed by atoms with Crippen LogP contribution in [-0.4, -0.2) is 23.4 Å². The number of hydrogen-bond acceptors (Lipinski definition) is 2. The molecule has 0 spiro atoms. The molecule has 0 aliphatic rings. The molecule has 0 aliphatic carbocycles. The second kappa shape index (κ2) is 8.52. The molecule has 0 aromatic carbocycles. The Bertz CT molecular complexity index is 100. The van der Waals surface area contributed by atoms with Gasteiger partial charge in [0.25, 0.3) is 0 Å². The number of rotatable bonds is 8.